The SMILES string of the molecule is CSCCn1c(=NC(=O)C2CCCCN2S(=O)(=O)c2cccs2)sc2cc(C)ccc21. The predicted octanol–water partition coefficient (Wildman–Crippen LogP) is 4.11. The minimum atomic E-state index is -3.70. The first kappa shape index (κ1) is 22.7. The molecule has 0 bridgehead atoms. The number of sulfonamides is 1. The summed E-state index contributed by atoms with van der Waals surface area (Å²) in [6, 6.07) is 8.80. The molecule has 3 aromatic rings. The molecule has 3 heterocycles. The normalized spacial score (nSPS) is 18.6. The summed E-state index contributed by atoms with van der Waals surface area (Å²) < 4.78 is 31.1. The lowest BCUT2D eigenvalue weighted by Crippen LogP contribution is -2.47. The first-order valence-corrected chi connectivity index (χ1v) is 14.7. The van der Waals surface area contributed by atoms with E-state index in [9.17, 15) is 13.2 Å². The molecule has 6 nitrogen and oxygen atoms in total. The maximum absolute atomic E-state index is 13.3. The van der Waals surface area contributed by atoms with Crippen molar-refractivity contribution in [1.29, 1.82) is 0 Å². The zero-order valence-corrected chi connectivity index (χ0v) is 20.7. The summed E-state index contributed by atoms with van der Waals surface area (Å²) in [5.74, 6) is 0.532. The summed E-state index contributed by atoms with van der Waals surface area (Å²) in [5, 5.41) is 1.74. The van der Waals surface area contributed by atoms with E-state index in [0.29, 0.717) is 17.8 Å². The molecule has 4 rings (SSSR count). The van der Waals surface area contributed by atoms with Gasteiger partial charge in [-0.25, -0.2) is 8.42 Å². The second-order valence-electron chi connectivity index (χ2n) is 7.51. The van der Waals surface area contributed by atoms with E-state index >= 15 is 0 Å². The van der Waals surface area contributed by atoms with E-state index in [4.69, 9.17) is 0 Å². The molecule has 1 saturated heterocycles. The molecule has 31 heavy (non-hydrogen) atoms. The van der Waals surface area contributed by atoms with Crippen molar-refractivity contribution >= 4 is 60.6 Å². The van der Waals surface area contributed by atoms with Crippen LogP contribution in [0.1, 0.15) is 24.8 Å². The first-order chi connectivity index (χ1) is 14.9. The Balaban J connectivity index is 1.74. The Bertz CT molecular complexity index is 1240. The molecule has 1 amide bonds. The summed E-state index contributed by atoms with van der Waals surface area (Å²) in [4.78, 5) is 18.4. The average Bonchev–Trinajstić information content (AvgIpc) is 3.40. The number of hydrogen-bond acceptors (Lipinski definition) is 6. The highest BCUT2D eigenvalue weighted by atomic mass is 32.2. The fourth-order valence-electron chi connectivity index (χ4n) is 3.80. The Labute approximate surface area is 194 Å². The molecule has 1 unspecified atom stereocenters. The third kappa shape index (κ3) is 4.68. The van der Waals surface area contributed by atoms with Crippen molar-refractivity contribution < 1.29 is 13.2 Å². The van der Waals surface area contributed by atoms with E-state index in [1.165, 1.54) is 27.0 Å². The number of thioether (sulfide) groups is 1. The molecule has 10 heteroatoms. The van der Waals surface area contributed by atoms with Crippen LogP contribution in [-0.2, 0) is 21.4 Å². The fraction of sp³-hybridized carbons (Fsp3) is 0.429. The highest BCUT2D eigenvalue weighted by molar-refractivity contribution is 7.98. The van der Waals surface area contributed by atoms with Gasteiger partial charge < -0.3 is 4.57 Å². The smallest absolute Gasteiger partial charge is 0.266 e. The zero-order valence-electron chi connectivity index (χ0n) is 17.5. The van der Waals surface area contributed by atoms with Crippen LogP contribution in [0, 0.1) is 6.92 Å². The molecule has 1 atom stereocenters. The number of nitrogens with zero attached hydrogens (tertiary/aromatic N) is 3. The molecule has 1 aliphatic heterocycles. The van der Waals surface area contributed by atoms with Gasteiger partial charge in [-0.3, -0.25) is 4.79 Å². The van der Waals surface area contributed by atoms with Crippen LogP contribution in [0.2, 0.25) is 0 Å². The van der Waals surface area contributed by atoms with E-state index in [0.717, 1.165) is 40.9 Å². The quantitative estimate of drug-likeness (QED) is 0.516. The monoisotopic (exact) mass is 495 g/mol. The zero-order chi connectivity index (χ0) is 22.0. The topological polar surface area (TPSA) is 71.7 Å². The highest BCUT2D eigenvalue weighted by Crippen LogP contribution is 2.28. The summed E-state index contributed by atoms with van der Waals surface area (Å²) in [7, 11) is -3.70. The minimum Gasteiger partial charge on any atom is -0.316 e. The number of piperidine rings is 1. The number of amides is 1. The number of thiazole rings is 1. The van der Waals surface area contributed by atoms with Crippen LogP contribution in [0.15, 0.2) is 44.9 Å². The number of fused-ring (bicyclic) bond motifs is 1. The van der Waals surface area contributed by atoms with E-state index in [2.05, 4.69) is 34.0 Å². The second-order valence-corrected chi connectivity index (χ2v) is 12.6. The molecular formula is C21H25N3O3S4. The summed E-state index contributed by atoms with van der Waals surface area (Å²) in [6.45, 7) is 3.14. The van der Waals surface area contributed by atoms with Gasteiger partial charge in [-0.2, -0.15) is 21.1 Å². The van der Waals surface area contributed by atoms with Crippen molar-refractivity contribution in [3.05, 3.63) is 46.1 Å². The van der Waals surface area contributed by atoms with Gasteiger partial charge in [0.25, 0.3) is 15.9 Å². The Hall–Kier alpha value is -1.46. The molecule has 0 radical (unpaired) electrons. The molecule has 1 aromatic carbocycles. The number of rotatable bonds is 6. The molecule has 2 aromatic heterocycles. The second kappa shape index (κ2) is 9.58. The van der Waals surface area contributed by atoms with E-state index in [1.54, 1.807) is 29.3 Å². The predicted molar refractivity (Wildman–Crippen MR) is 129 cm³/mol. The average molecular weight is 496 g/mol. The van der Waals surface area contributed by atoms with Crippen LogP contribution < -0.4 is 4.80 Å². The van der Waals surface area contributed by atoms with Crippen molar-refractivity contribution in [2.24, 2.45) is 4.99 Å². The minimum absolute atomic E-state index is 0.277. The van der Waals surface area contributed by atoms with Crippen LogP contribution in [0.5, 0.6) is 0 Å². The van der Waals surface area contributed by atoms with Gasteiger partial charge in [0.1, 0.15) is 10.3 Å². The van der Waals surface area contributed by atoms with Gasteiger partial charge in [-0.05, 0) is 55.2 Å². The molecule has 0 spiro atoms. The van der Waals surface area contributed by atoms with Crippen molar-refractivity contribution in [3.63, 3.8) is 0 Å². The van der Waals surface area contributed by atoms with Gasteiger partial charge in [0, 0.05) is 18.8 Å². The third-order valence-electron chi connectivity index (χ3n) is 5.36. The maximum atomic E-state index is 13.3. The molecule has 166 valence electrons. The van der Waals surface area contributed by atoms with Crippen molar-refractivity contribution in [2.75, 3.05) is 18.6 Å². The number of benzene rings is 1. The third-order valence-corrected chi connectivity index (χ3v) is 10.3. The van der Waals surface area contributed by atoms with Gasteiger partial charge in [0.05, 0.1) is 10.2 Å². The van der Waals surface area contributed by atoms with E-state index in [-0.39, 0.29) is 10.1 Å². The molecule has 1 fully saturated rings. The van der Waals surface area contributed by atoms with Crippen LogP contribution in [0.4, 0.5) is 0 Å². The molecular weight excluding hydrogens is 471 g/mol. The number of aromatic nitrogens is 1. The van der Waals surface area contributed by atoms with Crippen LogP contribution in [0.25, 0.3) is 10.2 Å². The Morgan fingerprint density at radius 2 is 2.13 bits per heavy atom. The maximum Gasteiger partial charge on any atom is 0.266 e. The van der Waals surface area contributed by atoms with Gasteiger partial charge in [-0.15, -0.1) is 11.3 Å². The first-order valence-electron chi connectivity index (χ1n) is 10.1. The fourth-order valence-corrected chi connectivity index (χ4v) is 8.09. The van der Waals surface area contributed by atoms with Crippen LogP contribution in [0.3, 0.4) is 0 Å². The Kier molecular flexibility index (Phi) is 7.02. The lowest BCUT2D eigenvalue weighted by Gasteiger charge is -2.31. The Morgan fingerprint density at radius 1 is 1.29 bits per heavy atom. The van der Waals surface area contributed by atoms with Gasteiger partial charge in [-0.1, -0.05) is 29.9 Å². The van der Waals surface area contributed by atoms with E-state index < -0.39 is 16.1 Å². The highest BCUT2D eigenvalue weighted by Gasteiger charge is 2.38. The number of thiophene rings is 1. The molecule has 0 saturated carbocycles. The number of carbonyl (C=O) groups is 1. The van der Waals surface area contributed by atoms with Gasteiger partial charge in [0.15, 0.2) is 4.80 Å². The lowest BCUT2D eigenvalue weighted by atomic mass is 10.0. The van der Waals surface area contributed by atoms with Crippen molar-refractivity contribution in [1.82, 2.24) is 8.87 Å². The molecule has 0 aliphatic carbocycles. The van der Waals surface area contributed by atoms with Crippen LogP contribution in [-0.4, -0.2) is 47.8 Å². The largest absolute Gasteiger partial charge is 0.316 e. The molecule has 0 N–H and O–H groups in total. The summed E-state index contributed by atoms with van der Waals surface area (Å²) in [6.07, 6.45) is 4.13. The standard InChI is InChI=1S/C21H25N3O3S4/c1-15-8-9-16-18(14-15)30-21(23(16)11-13-28-2)22-20(25)17-6-3-4-10-24(17)31(26,27)19-7-5-12-29-19/h5,7-9,12,14,17H,3-4,6,10-11,13H2,1-2H3. The summed E-state index contributed by atoms with van der Waals surface area (Å²) in [5.41, 5.74) is 2.21. The number of hydrogen-bond donors (Lipinski definition) is 0. The van der Waals surface area contributed by atoms with Crippen molar-refractivity contribution in [2.45, 2.75) is 43.0 Å². The Morgan fingerprint density at radius 3 is 2.87 bits per heavy atom. The van der Waals surface area contributed by atoms with Gasteiger partial charge in [0.2, 0.25) is 0 Å². The lowest BCUT2D eigenvalue weighted by molar-refractivity contribution is -0.122. The van der Waals surface area contributed by atoms with Crippen LogP contribution >= 0.6 is 34.4 Å². The number of aryl methyl sites for hydroxylation is 2. The van der Waals surface area contributed by atoms with E-state index in [1.807, 2.05) is 6.92 Å². The molecule has 1 aliphatic rings. The number of carbonyl (C=O) groups excluding carboxylic acids is 1. The van der Waals surface area contributed by atoms with Crippen molar-refractivity contribution in [3.8, 4) is 0 Å². The van der Waals surface area contributed by atoms with Gasteiger partial charge >= 0.3 is 0 Å². The summed E-state index contributed by atoms with van der Waals surface area (Å²) >= 11 is 4.41.